The van der Waals surface area contributed by atoms with Crippen LogP contribution in [0.1, 0.15) is 11.3 Å². The van der Waals surface area contributed by atoms with Gasteiger partial charge in [-0.1, -0.05) is 0 Å². The lowest BCUT2D eigenvalue weighted by Crippen LogP contribution is -2.47. The summed E-state index contributed by atoms with van der Waals surface area (Å²) >= 11 is 4.25. The Kier molecular flexibility index (Phi) is 6.32. The smallest absolute Gasteiger partial charge is 0.318 e. The van der Waals surface area contributed by atoms with Gasteiger partial charge in [0.15, 0.2) is 0 Å². The molecular formula is C18H21N5O4S. The van der Waals surface area contributed by atoms with Crippen molar-refractivity contribution in [3.05, 3.63) is 52.2 Å². The fourth-order valence-corrected chi connectivity index (χ4v) is 3.00. The number of rotatable bonds is 5. The van der Waals surface area contributed by atoms with E-state index < -0.39 is 5.56 Å². The van der Waals surface area contributed by atoms with E-state index in [0.29, 0.717) is 37.6 Å². The van der Waals surface area contributed by atoms with Gasteiger partial charge >= 0.3 is 6.03 Å². The second kappa shape index (κ2) is 8.89. The maximum Gasteiger partial charge on any atom is 0.318 e. The van der Waals surface area contributed by atoms with Crippen molar-refractivity contribution in [2.24, 2.45) is 0 Å². The number of ether oxygens (including phenoxy) is 2. The minimum Gasteiger partial charge on any atom is -0.497 e. The van der Waals surface area contributed by atoms with Crippen LogP contribution < -0.4 is 15.6 Å². The van der Waals surface area contributed by atoms with E-state index >= 15 is 0 Å². The lowest BCUT2D eigenvalue weighted by atomic mass is 10.1. The summed E-state index contributed by atoms with van der Waals surface area (Å²) in [6, 6.07) is 6.61. The number of aromatic nitrogens is 2. The van der Waals surface area contributed by atoms with Crippen LogP contribution in [0.4, 0.5) is 4.79 Å². The molecule has 148 valence electrons. The molecule has 0 atom stereocenters. The normalized spacial score (nSPS) is 13.9. The maximum absolute atomic E-state index is 12.6. The van der Waals surface area contributed by atoms with Gasteiger partial charge in [-0.2, -0.15) is 0 Å². The largest absolute Gasteiger partial charge is 0.497 e. The highest BCUT2D eigenvalue weighted by Crippen LogP contribution is 2.16. The molecular weight excluding hydrogens is 382 g/mol. The zero-order valence-electron chi connectivity index (χ0n) is 15.3. The number of amides is 2. The summed E-state index contributed by atoms with van der Waals surface area (Å²) in [5.74, 6) is 0.669. The lowest BCUT2D eigenvalue weighted by molar-refractivity contribution is 0.0527. The van der Waals surface area contributed by atoms with Crippen molar-refractivity contribution in [2.45, 2.75) is 11.6 Å². The third-order valence-electron chi connectivity index (χ3n) is 4.33. The van der Waals surface area contributed by atoms with E-state index in [1.54, 1.807) is 36.3 Å². The Labute approximate surface area is 167 Å². The summed E-state index contributed by atoms with van der Waals surface area (Å²) in [5, 5.41) is 11.0. The molecule has 1 aliphatic heterocycles. The first-order chi connectivity index (χ1) is 13.5. The number of carbonyl (C=O) groups is 1. The number of hydrogen-bond acceptors (Lipinski definition) is 7. The molecule has 0 aliphatic carbocycles. The van der Waals surface area contributed by atoms with Gasteiger partial charge in [-0.25, -0.2) is 9.78 Å². The van der Waals surface area contributed by atoms with E-state index in [9.17, 15) is 9.59 Å². The Balaban J connectivity index is 1.72. The van der Waals surface area contributed by atoms with Crippen LogP contribution in [0.15, 0.2) is 40.3 Å². The summed E-state index contributed by atoms with van der Waals surface area (Å²) in [6.07, 6.45) is 1.30. The molecule has 2 heterocycles. The molecule has 2 N–H and O–H groups in total. The monoisotopic (exact) mass is 403 g/mol. The van der Waals surface area contributed by atoms with E-state index in [1.165, 1.54) is 10.9 Å². The van der Waals surface area contributed by atoms with Gasteiger partial charge in [0.2, 0.25) is 0 Å². The number of nitrogens with one attached hydrogen (secondary N) is 2. The summed E-state index contributed by atoms with van der Waals surface area (Å²) in [4.78, 5) is 30.6. The van der Waals surface area contributed by atoms with Crippen LogP contribution in [0, 0.1) is 5.41 Å². The van der Waals surface area contributed by atoms with Crippen molar-refractivity contribution >= 4 is 24.4 Å². The molecule has 1 aliphatic rings. The number of carbonyl (C=O) groups excluding carboxylic acids is 1. The predicted molar refractivity (Wildman–Crippen MR) is 106 cm³/mol. The number of morpholine rings is 1. The van der Waals surface area contributed by atoms with Gasteiger partial charge in [-0.05, 0) is 24.3 Å². The first-order valence-corrected chi connectivity index (χ1v) is 9.08. The number of nitrogens with zero attached hydrogens (tertiary/aromatic N) is 3. The van der Waals surface area contributed by atoms with Gasteiger partial charge in [0.05, 0.1) is 37.3 Å². The molecule has 1 aromatic heterocycles. The van der Waals surface area contributed by atoms with Crippen molar-refractivity contribution in [1.29, 1.82) is 5.41 Å². The molecule has 1 aromatic carbocycles. The molecule has 3 rings (SSSR count). The standard InChI is InChI=1S/C18H21N5O4S/c1-26-13-4-2-12(3-5-13)14(19)15-16(28)17(24)23(10-20-15)11-21-18(25)22-6-8-27-9-7-22/h2-5,10,19,28H,6-9,11H2,1H3,(H,21,25). The Morgan fingerprint density at radius 2 is 2.00 bits per heavy atom. The Hall–Kier alpha value is -2.85. The molecule has 0 spiro atoms. The van der Waals surface area contributed by atoms with Crippen molar-refractivity contribution in [1.82, 2.24) is 19.8 Å². The van der Waals surface area contributed by atoms with Gasteiger partial charge in [0.25, 0.3) is 5.56 Å². The van der Waals surface area contributed by atoms with E-state index in [-0.39, 0.29) is 29.0 Å². The fourth-order valence-electron chi connectivity index (χ4n) is 2.70. The predicted octanol–water partition coefficient (Wildman–Crippen LogP) is 0.956. The quantitative estimate of drug-likeness (QED) is 0.509. The van der Waals surface area contributed by atoms with Crippen LogP contribution in [0.5, 0.6) is 5.75 Å². The van der Waals surface area contributed by atoms with Crippen molar-refractivity contribution in [3.63, 3.8) is 0 Å². The molecule has 0 saturated carbocycles. The molecule has 0 bridgehead atoms. The molecule has 0 unspecified atom stereocenters. The van der Waals surface area contributed by atoms with E-state index in [1.807, 2.05) is 0 Å². The van der Waals surface area contributed by atoms with Crippen LogP contribution in [0.25, 0.3) is 0 Å². The number of thiol groups is 1. The van der Waals surface area contributed by atoms with Gasteiger partial charge < -0.3 is 19.7 Å². The van der Waals surface area contributed by atoms with Gasteiger partial charge in [-0.15, -0.1) is 12.6 Å². The van der Waals surface area contributed by atoms with Crippen LogP contribution in [0.2, 0.25) is 0 Å². The minimum absolute atomic E-state index is 0.0360. The lowest BCUT2D eigenvalue weighted by Gasteiger charge is -2.27. The summed E-state index contributed by atoms with van der Waals surface area (Å²) in [6.45, 7) is 1.98. The molecule has 9 nitrogen and oxygen atoms in total. The highest BCUT2D eigenvalue weighted by Gasteiger charge is 2.18. The molecule has 10 heteroatoms. The van der Waals surface area contributed by atoms with Crippen LogP contribution >= 0.6 is 12.6 Å². The number of urea groups is 1. The third-order valence-corrected chi connectivity index (χ3v) is 4.73. The maximum atomic E-state index is 12.6. The zero-order valence-corrected chi connectivity index (χ0v) is 16.2. The summed E-state index contributed by atoms with van der Waals surface area (Å²) < 4.78 is 11.6. The number of benzene rings is 1. The van der Waals surface area contributed by atoms with E-state index in [4.69, 9.17) is 14.9 Å². The zero-order chi connectivity index (χ0) is 20.1. The second-order valence-corrected chi connectivity index (χ2v) is 6.51. The average Bonchev–Trinajstić information content (AvgIpc) is 2.75. The van der Waals surface area contributed by atoms with Gasteiger partial charge in [0, 0.05) is 18.7 Å². The molecule has 1 fully saturated rings. The Morgan fingerprint density at radius 1 is 1.32 bits per heavy atom. The Bertz CT molecular complexity index is 923. The highest BCUT2D eigenvalue weighted by atomic mass is 32.1. The van der Waals surface area contributed by atoms with Crippen molar-refractivity contribution in [3.8, 4) is 5.75 Å². The van der Waals surface area contributed by atoms with E-state index in [2.05, 4.69) is 22.9 Å². The van der Waals surface area contributed by atoms with Crippen molar-refractivity contribution < 1.29 is 14.3 Å². The first-order valence-electron chi connectivity index (χ1n) is 8.63. The number of hydrogen-bond donors (Lipinski definition) is 3. The summed E-state index contributed by atoms with van der Waals surface area (Å²) in [7, 11) is 1.56. The molecule has 2 amide bonds. The highest BCUT2D eigenvalue weighted by molar-refractivity contribution is 7.80. The van der Waals surface area contributed by atoms with Crippen LogP contribution in [0.3, 0.4) is 0 Å². The third kappa shape index (κ3) is 4.34. The van der Waals surface area contributed by atoms with E-state index in [0.717, 1.165) is 0 Å². The molecule has 1 saturated heterocycles. The van der Waals surface area contributed by atoms with Gasteiger partial charge in [-0.3, -0.25) is 14.8 Å². The molecule has 0 radical (unpaired) electrons. The Morgan fingerprint density at radius 3 is 2.64 bits per heavy atom. The average molecular weight is 403 g/mol. The van der Waals surface area contributed by atoms with Gasteiger partial charge in [0.1, 0.15) is 18.1 Å². The molecule has 28 heavy (non-hydrogen) atoms. The topological polar surface area (TPSA) is 110 Å². The fraction of sp³-hybridized carbons (Fsp3) is 0.333. The molecule has 2 aromatic rings. The number of methoxy groups -OCH3 is 1. The van der Waals surface area contributed by atoms with Crippen molar-refractivity contribution in [2.75, 3.05) is 33.4 Å². The second-order valence-electron chi connectivity index (χ2n) is 6.06. The SMILES string of the molecule is COc1ccc(C(=N)c2ncn(CNC(=O)N3CCOCC3)c(=O)c2S)cc1. The first kappa shape index (κ1) is 19.9. The minimum atomic E-state index is -0.436. The van der Waals surface area contributed by atoms with Crippen LogP contribution in [-0.4, -0.2) is 59.6 Å². The summed E-state index contributed by atoms with van der Waals surface area (Å²) in [5.41, 5.74) is 0.402. The van der Waals surface area contributed by atoms with Crippen LogP contribution in [-0.2, 0) is 11.4 Å².